The van der Waals surface area contributed by atoms with Gasteiger partial charge in [0.15, 0.2) is 0 Å². The maximum atomic E-state index is 8.62. The van der Waals surface area contributed by atoms with E-state index < -0.39 is 0 Å². The van der Waals surface area contributed by atoms with Crippen LogP contribution in [0.1, 0.15) is 6.42 Å². The second kappa shape index (κ2) is 4.97. The molecule has 5 nitrogen and oxygen atoms in total. The van der Waals surface area contributed by atoms with Gasteiger partial charge >= 0.3 is 0 Å². The molecule has 0 bridgehead atoms. The minimum atomic E-state index is 0.487. The zero-order valence-corrected chi connectivity index (χ0v) is 10.6. The molecule has 1 N–H and O–H groups in total. The van der Waals surface area contributed by atoms with Crippen LogP contribution in [0, 0.1) is 11.3 Å². The van der Waals surface area contributed by atoms with E-state index in [-0.39, 0.29) is 0 Å². The highest BCUT2D eigenvalue weighted by atomic mass is 32.1. The van der Waals surface area contributed by atoms with Crippen LogP contribution in [-0.2, 0) is 0 Å². The molecule has 2 aromatic heterocycles. The monoisotopic (exact) mass is 247 g/mol. The Hall–Kier alpha value is -1.87. The fraction of sp³-hybridized carbons (Fsp3) is 0.364. The number of rotatable bonds is 4. The minimum absolute atomic E-state index is 0.487. The van der Waals surface area contributed by atoms with E-state index in [2.05, 4.69) is 21.4 Å². The van der Waals surface area contributed by atoms with Gasteiger partial charge in [0.1, 0.15) is 10.6 Å². The molecule has 0 unspecified atom stereocenters. The summed E-state index contributed by atoms with van der Waals surface area (Å²) in [6.07, 6.45) is 0.487. The predicted molar refractivity (Wildman–Crippen MR) is 70.5 cm³/mol. The molecule has 0 aliphatic heterocycles. The Morgan fingerprint density at radius 1 is 1.53 bits per heavy atom. The largest absolute Gasteiger partial charge is 0.358 e. The zero-order valence-electron chi connectivity index (χ0n) is 9.77. The average molecular weight is 247 g/mol. The molecule has 0 saturated heterocycles. The van der Waals surface area contributed by atoms with Gasteiger partial charge in [-0.1, -0.05) is 0 Å². The van der Waals surface area contributed by atoms with Crippen molar-refractivity contribution < 1.29 is 0 Å². The second-order valence-corrected chi connectivity index (χ2v) is 4.48. The summed E-state index contributed by atoms with van der Waals surface area (Å²) >= 11 is 1.59. The van der Waals surface area contributed by atoms with Gasteiger partial charge < -0.3 is 10.2 Å². The highest BCUT2D eigenvalue weighted by molar-refractivity contribution is 7.16. The highest BCUT2D eigenvalue weighted by Crippen LogP contribution is 2.28. The first kappa shape index (κ1) is 11.6. The Morgan fingerprint density at radius 2 is 2.35 bits per heavy atom. The summed E-state index contributed by atoms with van der Waals surface area (Å²) in [5, 5.41) is 14.6. The van der Waals surface area contributed by atoms with Gasteiger partial charge in [0, 0.05) is 20.6 Å². The second-order valence-electron chi connectivity index (χ2n) is 3.59. The van der Waals surface area contributed by atoms with Crippen LogP contribution in [0.2, 0.25) is 0 Å². The molecule has 2 heterocycles. The molecular weight excluding hydrogens is 234 g/mol. The number of aromatic nitrogens is 2. The highest BCUT2D eigenvalue weighted by Gasteiger charge is 2.11. The van der Waals surface area contributed by atoms with Crippen molar-refractivity contribution in [3.05, 3.63) is 11.4 Å². The quantitative estimate of drug-likeness (QED) is 0.896. The van der Waals surface area contributed by atoms with E-state index in [1.807, 2.05) is 23.4 Å². The Balaban J connectivity index is 2.43. The minimum Gasteiger partial charge on any atom is -0.358 e. The molecule has 2 aromatic rings. The maximum absolute atomic E-state index is 8.62. The lowest BCUT2D eigenvalue weighted by molar-refractivity contribution is 0.888. The summed E-state index contributed by atoms with van der Waals surface area (Å²) < 4.78 is 0. The molecule has 2 rings (SSSR count). The average Bonchev–Trinajstić information content (AvgIpc) is 2.82. The number of nitrogens with zero attached hydrogens (tertiary/aromatic N) is 4. The van der Waals surface area contributed by atoms with Crippen molar-refractivity contribution in [2.24, 2.45) is 0 Å². The van der Waals surface area contributed by atoms with Gasteiger partial charge in [0.05, 0.1) is 17.9 Å². The number of nitrogens with one attached hydrogen (secondary N) is 1. The van der Waals surface area contributed by atoms with Gasteiger partial charge in [-0.05, 0) is 11.4 Å². The van der Waals surface area contributed by atoms with Crippen LogP contribution in [0.4, 0.5) is 11.8 Å². The predicted octanol–water partition coefficient (Wildman–Crippen LogP) is 2.08. The van der Waals surface area contributed by atoms with Crippen LogP contribution < -0.4 is 10.2 Å². The smallest absolute Gasteiger partial charge is 0.225 e. The van der Waals surface area contributed by atoms with Crippen molar-refractivity contribution in [2.45, 2.75) is 6.42 Å². The molecule has 6 heteroatoms. The molecule has 0 amide bonds. The number of hydrogen-bond acceptors (Lipinski definition) is 6. The van der Waals surface area contributed by atoms with Gasteiger partial charge in [0.2, 0.25) is 5.95 Å². The third-order valence-electron chi connectivity index (χ3n) is 2.45. The molecule has 0 radical (unpaired) electrons. The topological polar surface area (TPSA) is 64.8 Å². The molecule has 0 aromatic carbocycles. The van der Waals surface area contributed by atoms with Gasteiger partial charge in [0.25, 0.3) is 0 Å². The molecule has 0 aliphatic rings. The molecule has 0 aliphatic carbocycles. The van der Waals surface area contributed by atoms with Crippen molar-refractivity contribution in [1.29, 1.82) is 5.26 Å². The summed E-state index contributed by atoms with van der Waals surface area (Å²) in [4.78, 5) is 11.8. The lowest BCUT2D eigenvalue weighted by atomic mass is 10.3. The first-order valence-electron chi connectivity index (χ1n) is 5.27. The molecule has 0 fully saturated rings. The molecule has 17 heavy (non-hydrogen) atoms. The fourth-order valence-electron chi connectivity index (χ4n) is 1.57. The van der Waals surface area contributed by atoms with E-state index in [1.54, 1.807) is 18.4 Å². The van der Waals surface area contributed by atoms with E-state index in [0.29, 0.717) is 18.9 Å². The third kappa shape index (κ3) is 2.29. The van der Waals surface area contributed by atoms with E-state index in [9.17, 15) is 0 Å². The van der Waals surface area contributed by atoms with Gasteiger partial charge in [-0.3, -0.25) is 0 Å². The normalized spacial score (nSPS) is 10.2. The van der Waals surface area contributed by atoms with Crippen LogP contribution in [0.15, 0.2) is 11.4 Å². The fourth-order valence-corrected chi connectivity index (χ4v) is 2.32. The van der Waals surface area contributed by atoms with Crippen molar-refractivity contribution in [3.8, 4) is 6.07 Å². The van der Waals surface area contributed by atoms with E-state index in [0.717, 1.165) is 16.0 Å². The summed E-state index contributed by atoms with van der Waals surface area (Å²) in [6, 6.07) is 4.15. The Bertz CT molecular complexity index is 556. The van der Waals surface area contributed by atoms with Gasteiger partial charge in [-0.15, -0.1) is 11.3 Å². The molecule has 0 spiro atoms. The summed E-state index contributed by atoms with van der Waals surface area (Å²) in [6.45, 7) is 0.668. The number of hydrogen-bond donors (Lipinski definition) is 1. The van der Waals surface area contributed by atoms with E-state index in [4.69, 9.17) is 5.26 Å². The van der Waals surface area contributed by atoms with Crippen molar-refractivity contribution in [1.82, 2.24) is 9.97 Å². The van der Waals surface area contributed by atoms with Crippen LogP contribution in [0.5, 0.6) is 0 Å². The number of anilines is 2. The van der Waals surface area contributed by atoms with Gasteiger partial charge in [-0.25, -0.2) is 4.98 Å². The Kier molecular flexibility index (Phi) is 3.40. The van der Waals surface area contributed by atoms with Gasteiger partial charge in [-0.2, -0.15) is 10.2 Å². The van der Waals surface area contributed by atoms with Crippen LogP contribution in [0.3, 0.4) is 0 Å². The molecule has 0 saturated carbocycles. The van der Waals surface area contributed by atoms with Crippen molar-refractivity contribution >= 4 is 33.3 Å². The van der Waals surface area contributed by atoms with Crippen molar-refractivity contribution in [2.75, 3.05) is 30.9 Å². The first-order chi connectivity index (χ1) is 8.26. The SMILES string of the molecule is CNc1nc(N(C)CCC#N)c2ccsc2n1. The van der Waals surface area contributed by atoms with E-state index >= 15 is 0 Å². The zero-order chi connectivity index (χ0) is 12.3. The number of thiophene rings is 1. The lowest BCUT2D eigenvalue weighted by Gasteiger charge is -2.17. The van der Waals surface area contributed by atoms with Crippen LogP contribution in [-0.4, -0.2) is 30.6 Å². The first-order valence-corrected chi connectivity index (χ1v) is 6.15. The number of nitriles is 1. The summed E-state index contributed by atoms with van der Waals surface area (Å²) in [7, 11) is 3.74. The maximum Gasteiger partial charge on any atom is 0.225 e. The molecule has 88 valence electrons. The Labute approximate surface area is 104 Å². The molecular formula is C11H13N5S. The number of fused-ring (bicyclic) bond motifs is 1. The van der Waals surface area contributed by atoms with Crippen LogP contribution >= 0.6 is 11.3 Å². The summed E-state index contributed by atoms with van der Waals surface area (Å²) in [5.41, 5.74) is 0. The molecule has 0 atom stereocenters. The summed E-state index contributed by atoms with van der Waals surface area (Å²) in [5.74, 6) is 1.48. The van der Waals surface area contributed by atoms with Crippen LogP contribution in [0.25, 0.3) is 10.2 Å². The van der Waals surface area contributed by atoms with Crippen molar-refractivity contribution in [3.63, 3.8) is 0 Å². The standard InChI is InChI=1S/C11H13N5S/c1-13-11-14-9(16(2)6-3-5-12)8-4-7-17-10(8)15-11/h4,7H,3,6H2,1-2H3,(H,13,14,15). The lowest BCUT2D eigenvalue weighted by Crippen LogP contribution is -2.20. The Morgan fingerprint density at radius 3 is 3.06 bits per heavy atom. The third-order valence-corrected chi connectivity index (χ3v) is 3.26. The van der Waals surface area contributed by atoms with E-state index in [1.165, 1.54) is 0 Å².